The first-order valence-corrected chi connectivity index (χ1v) is 10.7. The van der Waals surface area contributed by atoms with Crippen molar-refractivity contribution in [1.29, 1.82) is 0 Å². The van der Waals surface area contributed by atoms with Crippen LogP contribution in [-0.4, -0.2) is 33.1 Å². The lowest BCUT2D eigenvalue weighted by molar-refractivity contribution is -0.117. The SMILES string of the molecule is C[C@@H](C(=O)Nc1ccc(C[C@@H]2CC[C@H]([C@H](O)c3cccnc3)N2)cc1)c1ccccn1. The van der Waals surface area contributed by atoms with Crippen LogP contribution in [0.2, 0.25) is 0 Å². The van der Waals surface area contributed by atoms with Crippen molar-refractivity contribution in [2.75, 3.05) is 5.32 Å². The molecule has 3 heterocycles. The molecule has 0 saturated carbocycles. The lowest BCUT2D eigenvalue weighted by Crippen LogP contribution is -2.35. The van der Waals surface area contributed by atoms with E-state index in [4.69, 9.17) is 0 Å². The molecule has 6 nitrogen and oxygen atoms in total. The van der Waals surface area contributed by atoms with Crippen molar-refractivity contribution < 1.29 is 9.90 Å². The maximum Gasteiger partial charge on any atom is 0.233 e. The van der Waals surface area contributed by atoms with Gasteiger partial charge in [0.25, 0.3) is 0 Å². The van der Waals surface area contributed by atoms with Gasteiger partial charge in [-0.05, 0) is 62.1 Å². The Morgan fingerprint density at radius 2 is 1.97 bits per heavy atom. The molecule has 1 saturated heterocycles. The molecule has 160 valence electrons. The molecule has 0 spiro atoms. The number of nitrogens with zero attached hydrogens (tertiary/aromatic N) is 2. The molecule has 4 rings (SSSR count). The molecule has 31 heavy (non-hydrogen) atoms. The fourth-order valence-corrected chi connectivity index (χ4v) is 4.07. The van der Waals surface area contributed by atoms with Gasteiger partial charge in [-0.25, -0.2) is 0 Å². The zero-order valence-electron chi connectivity index (χ0n) is 17.6. The highest BCUT2D eigenvalue weighted by Crippen LogP contribution is 2.26. The number of nitrogens with one attached hydrogen (secondary N) is 2. The third kappa shape index (κ3) is 5.34. The summed E-state index contributed by atoms with van der Waals surface area (Å²) in [5.74, 6) is -0.386. The maximum absolute atomic E-state index is 12.5. The summed E-state index contributed by atoms with van der Waals surface area (Å²) in [6.45, 7) is 1.86. The molecule has 3 aromatic rings. The van der Waals surface area contributed by atoms with Crippen LogP contribution in [0.15, 0.2) is 73.2 Å². The summed E-state index contributed by atoms with van der Waals surface area (Å²) >= 11 is 0. The van der Waals surface area contributed by atoms with Crippen molar-refractivity contribution >= 4 is 11.6 Å². The normalized spacial score (nSPS) is 20.2. The predicted octanol–water partition coefficient (Wildman–Crippen LogP) is 3.62. The van der Waals surface area contributed by atoms with Crippen molar-refractivity contribution in [3.05, 3.63) is 90.0 Å². The number of benzene rings is 1. The second-order valence-electron chi connectivity index (χ2n) is 8.15. The molecule has 3 N–H and O–H groups in total. The van der Waals surface area contributed by atoms with E-state index in [2.05, 4.69) is 20.6 Å². The summed E-state index contributed by atoms with van der Waals surface area (Å²) in [5, 5.41) is 17.1. The van der Waals surface area contributed by atoms with Crippen LogP contribution in [0.4, 0.5) is 5.69 Å². The molecule has 4 atom stereocenters. The summed E-state index contributed by atoms with van der Waals surface area (Å²) in [5.41, 5.74) is 3.58. The maximum atomic E-state index is 12.5. The summed E-state index contributed by atoms with van der Waals surface area (Å²) in [4.78, 5) is 20.9. The second kappa shape index (κ2) is 9.81. The number of hydrogen-bond acceptors (Lipinski definition) is 5. The number of hydrogen-bond donors (Lipinski definition) is 3. The van der Waals surface area contributed by atoms with Gasteiger partial charge < -0.3 is 15.7 Å². The first-order chi connectivity index (χ1) is 15.1. The number of amides is 1. The number of aromatic nitrogens is 2. The van der Waals surface area contributed by atoms with Gasteiger partial charge in [0, 0.05) is 41.9 Å². The van der Waals surface area contributed by atoms with Gasteiger partial charge in [-0.2, -0.15) is 0 Å². The summed E-state index contributed by atoms with van der Waals surface area (Å²) in [6.07, 6.45) is 7.42. The van der Waals surface area contributed by atoms with Gasteiger partial charge in [0.2, 0.25) is 5.91 Å². The summed E-state index contributed by atoms with van der Waals surface area (Å²) < 4.78 is 0. The first-order valence-electron chi connectivity index (χ1n) is 10.7. The van der Waals surface area contributed by atoms with Gasteiger partial charge in [0.1, 0.15) is 0 Å². The number of aliphatic hydroxyl groups excluding tert-OH is 1. The fourth-order valence-electron chi connectivity index (χ4n) is 4.07. The van der Waals surface area contributed by atoms with E-state index in [0.29, 0.717) is 6.04 Å². The second-order valence-corrected chi connectivity index (χ2v) is 8.15. The molecule has 1 amide bonds. The molecule has 6 heteroatoms. The Balaban J connectivity index is 1.29. The van der Waals surface area contributed by atoms with Crippen molar-refractivity contribution in [2.45, 2.75) is 50.3 Å². The molecule has 1 fully saturated rings. The number of aliphatic hydroxyl groups is 1. The van der Waals surface area contributed by atoms with Crippen LogP contribution in [0.25, 0.3) is 0 Å². The van der Waals surface area contributed by atoms with Crippen molar-refractivity contribution in [3.63, 3.8) is 0 Å². The Labute approximate surface area is 182 Å². The largest absolute Gasteiger partial charge is 0.387 e. The Morgan fingerprint density at radius 3 is 2.68 bits per heavy atom. The highest BCUT2D eigenvalue weighted by atomic mass is 16.3. The van der Waals surface area contributed by atoms with Crippen LogP contribution < -0.4 is 10.6 Å². The zero-order valence-corrected chi connectivity index (χ0v) is 17.6. The van der Waals surface area contributed by atoms with E-state index in [9.17, 15) is 9.90 Å². The first kappa shape index (κ1) is 21.2. The van der Waals surface area contributed by atoms with E-state index in [0.717, 1.165) is 36.2 Å². The molecular weight excluding hydrogens is 388 g/mol. The number of anilines is 1. The number of carbonyl (C=O) groups excluding carboxylic acids is 1. The average molecular weight is 417 g/mol. The molecule has 1 aliphatic rings. The third-order valence-corrected chi connectivity index (χ3v) is 5.91. The Kier molecular flexibility index (Phi) is 6.70. The lowest BCUT2D eigenvalue weighted by Gasteiger charge is -2.20. The number of carbonyl (C=O) groups is 1. The molecule has 1 aromatic carbocycles. The van der Waals surface area contributed by atoms with Crippen molar-refractivity contribution in [1.82, 2.24) is 15.3 Å². The van der Waals surface area contributed by atoms with Crippen LogP contribution in [0.3, 0.4) is 0 Å². The van der Waals surface area contributed by atoms with E-state index >= 15 is 0 Å². The third-order valence-electron chi connectivity index (χ3n) is 5.91. The molecule has 0 radical (unpaired) electrons. The van der Waals surface area contributed by atoms with Gasteiger partial charge in [-0.15, -0.1) is 0 Å². The van der Waals surface area contributed by atoms with Gasteiger partial charge >= 0.3 is 0 Å². The van der Waals surface area contributed by atoms with Gasteiger partial charge in [-0.1, -0.05) is 24.3 Å². The molecule has 1 aliphatic heterocycles. The predicted molar refractivity (Wildman–Crippen MR) is 121 cm³/mol. The highest BCUT2D eigenvalue weighted by molar-refractivity contribution is 5.95. The van der Waals surface area contributed by atoms with Gasteiger partial charge in [0.05, 0.1) is 17.7 Å². The zero-order chi connectivity index (χ0) is 21.6. The standard InChI is InChI=1S/C25H28N4O2/c1-17(22-6-2-3-14-27-22)25(31)29-20-9-7-18(8-10-20)15-21-11-12-23(28-21)24(30)19-5-4-13-26-16-19/h2-10,13-14,16-17,21,23-24,28,30H,11-12,15H2,1H3,(H,29,31)/t17-,21+,23-,24-/m1/s1. The monoisotopic (exact) mass is 416 g/mol. The van der Waals surface area contributed by atoms with E-state index in [1.54, 1.807) is 18.6 Å². The van der Waals surface area contributed by atoms with Crippen molar-refractivity contribution in [3.8, 4) is 0 Å². The van der Waals surface area contributed by atoms with Crippen LogP contribution in [0.5, 0.6) is 0 Å². The molecule has 2 aromatic heterocycles. The smallest absolute Gasteiger partial charge is 0.233 e. The summed E-state index contributed by atoms with van der Waals surface area (Å²) in [7, 11) is 0. The fraction of sp³-hybridized carbons (Fsp3) is 0.320. The minimum atomic E-state index is -0.544. The molecule has 0 aliphatic carbocycles. The van der Waals surface area contributed by atoms with Gasteiger partial charge in [-0.3, -0.25) is 14.8 Å². The van der Waals surface area contributed by atoms with Crippen LogP contribution >= 0.6 is 0 Å². The van der Waals surface area contributed by atoms with Crippen LogP contribution in [0, 0.1) is 0 Å². The van der Waals surface area contributed by atoms with E-state index in [-0.39, 0.29) is 17.9 Å². The molecule has 0 unspecified atom stereocenters. The minimum absolute atomic E-state index is 0.0424. The molecular formula is C25H28N4O2. The van der Waals surface area contributed by atoms with Crippen LogP contribution in [-0.2, 0) is 11.2 Å². The highest BCUT2D eigenvalue weighted by Gasteiger charge is 2.30. The van der Waals surface area contributed by atoms with Crippen LogP contribution in [0.1, 0.15) is 48.6 Å². The van der Waals surface area contributed by atoms with E-state index < -0.39 is 6.10 Å². The van der Waals surface area contributed by atoms with Crippen molar-refractivity contribution in [2.24, 2.45) is 0 Å². The Bertz CT molecular complexity index is 979. The Hall–Kier alpha value is -3.09. The Morgan fingerprint density at radius 1 is 1.13 bits per heavy atom. The lowest BCUT2D eigenvalue weighted by atomic mass is 10.0. The quantitative estimate of drug-likeness (QED) is 0.548. The number of pyridine rings is 2. The summed E-state index contributed by atoms with van der Waals surface area (Å²) in [6, 6.07) is 17.7. The topological polar surface area (TPSA) is 87.1 Å². The van der Waals surface area contributed by atoms with E-state index in [1.165, 1.54) is 5.56 Å². The molecule has 0 bridgehead atoms. The minimum Gasteiger partial charge on any atom is -0.387 e. The number of rotatable bonds is 7. The van der Waals surface area contributed by atoms with Gasteiger partial charge in [0.15, 0.2) is 0 Å². The average Bonchev–Trinajstić information content (AvgIpc) is 3.29. The van der Waals surface area contributed by atoms with E-state index in [1.807, 2.05) is 61.5 Å².